The van der Waals surface area contributed by atoms with Crippen LogP contribution in [0.5, 0.6) is 0 Å². The van der Waals surface area contributed by atoms with Gasteiger partial charge in [-0.05, 0) is 43.8 Å². The molecule has 1 heterocycles. The number of nitrogens with two attached hydrogens (primary N) is 1. The van der Waals surface area contributed by atoms with Crippen LogP contribution in [0, 0.1) is 0 Å². The fourth-order valence-electron chi connectivity index (χ4n) is 2.67. The number of nitrogens with one attached hydrogen (secondary N) is 4. The van der Waals surface area contributed by atoms with Gasteiger partial charge in [-0.2, -0.15) is 23.5 Å². The molecule has 0 aliphatic rings. The minimum atomic E-state index is -1.14. The summed E-state index contributed by atoms with van der Waals surface area (Å²) < 4.78 is 0. The number of carboxylic acid groups (broad SMARTS) is 1. The number of amides is 3. The minimum Gasteiger partial charge on any atom is -0.480 e. The second-order valence-electron chi connectivity index (χ2n) is 7.15. The van der Waals surface area contributed by atoms with Crippen molar-refractivity contribution in [3.8, 4) is 0 Å². The molecule has 0 spiro atoms. The molecular weight excluding hydrogens is 456 g/mol. The third-order valence-corrected chi connectivity index (χ3v) is 5.78. The summed E-state index contributed by atoms with van der Waals surface area (Å²) in [6.45, 7) is 1.50. The smallest absolute Gasteiger partial charge is 0.326 e. The number of aliphatic carboxylic acids is 1. The molecule has 32 heavy (non-hydrogen) atoms. The summed E-state index contributed by atoms with van der Waals surface area (Å²) in [6.07, 6.45) is 7.36. The first-order chi connectivity index (χ1) is 15.2. The molecule has 11 nitrogen and oxygen atoms in total. The van der Waals surface area contributed by atoms with E-state index in [1.165, 1.54) is 43.0 Å². The van der Waals surface area contributed by atoms with Crippen LogP contribution < -0.4 is 21.7 Å². The molecule has 0 fully saturated rings. The number of hydrogen-bond acceptors (Lipinski definition) is 8. The first-order valence-corrected chi connectivity index (χ1v) is 12.8. The lowest BCUT2D eigenvalue weighted by Crippen LogP contribution is -2.57. The molecule has 1 aromatic rings. The number of rotatable bonds is 15. The Bertz CT molecular complexity index is 747. The number of thioether (sulfide) groups is 2. The van der Waals surface area contributed by atoms with Crippen molar-refractivity contribution >= 4 is 47.2 Å². The Kier molecular flexibility index (Phi) is 12.8. The normalized spacial score (nSPS) is 14.6. The molecule has 0 saturated heterocycles. The second kappa shape index (κ2) is 14.7. The fourth-order valence-corrected chi connectivity index (χ4v) is 3.61. The zero-order chi connectivity index (χ0) is 24.1. The third kappa shape index (κ3) is 9.92. The summed E-state index contributed by atoms with van der Waals surface area (Å²) in [5, 5.41) is 17.1. The monoisotopic (exact) mass is 488 g/mol. The standard InChI is InChI=1S/C19H32N6O5S2/c1-11(20)16(26)25-15(8-12-9-21-10-22-12)18(28)23-13(4-6-31-2)17(27)24-14(19(29)30)5-7-32-3/h9-11,13-15H,4-8,20H2,1-3H3,(H,21,22)(H,23,28)(H,24,27)(H,25,26)(H,29,30). The number of carboxylic acids is 1. The molecule has 0 aliphatic heterocycles. The van der Waals surface area contributed by atoms with E-state index >= 15 is 0 Å². The maximum absolute atomic E-state index is 13.0. The van der Waals surface area contributed by atoms with E-state index in [0.717, 1.165) is 0 Å². The highest BCUT2D eigenvalue weighted by Gasteiger charge is 2.30. The van der Waals surface area contributed by atoms with Gasteiger partial charge in [0.2, 0.25) is 17.7 Å². The van der Waals surface area contributed by atoms with Crippen LogP contribution in [0.15, 0.2) is 12.5 Å². The lowest BCUT2D eigenvalue weighted by Gasteiger charge is -2.24. The lowest BCUT2D eigenvalue weighted by molar-refractivity contribution is -0.142. The van der Waals surface area contributed by atoms with Gasteiger partial charge < -0.3 is 31.8 Å². The van der Waals surface area contributed by atoms with Gasteiger partial charge in [-0.25, -0.2) is 9.78 Å². The van der Waals surface area contributed by atoms with Gasteiger partial charge in [-0.15, -0.1) is 0 Å². The summed E-state index contributed by atoms with van der Waals surface area (Å²) in [4.78, 5) is 56.2. The molecule has 0 saturated carbocycles. The van der Waals surface area contributed by atoms with E-state index in [0.29, 0.717) is 23.6 Å². The molecule has 1 aromatic heterocycles. The average molecular weight is 489 g/mol. The van der Waals surface area contributed by atoms with E-state index in [2.05, 4.69) is 25.9 Å². The van der Waals surface area contributed by atoms with E-state index in [1.54, 1.807) is 0 Å². The maximum atomic E-state index is 13.0. The van der Waals surface area contributed by atoms with E-state index in [9.17, 15) is 24.3 Å². The molecule has 0 radical (unpaired) electrons. The largest absolute Gasteiger partial charge is 0.480 e. The highest BCUT2D eigenvalue weighted by Crippen LogP contribution is 2.07. The predicted molar refractivity (Wildman–Crippen MR) is 125 cm³/mol. The zero-order valence-corrected chi connectivity index (χ0v) is 20.1. The van der Waals surface area contributed by atoms with Gasteiger partial charge in [0.1, 0.15) is 18.1 Å². The summed E-state index contributed by atoms with van der Waals surface area (Å²) in [6, 6.07) is -3.83. The van der Waals surface area contributed by atoms with Crippen molar-refractivity contribution in [1.29, 1.82) is 0 Å². The highest BCUT2D eigenvalue weighted by atomic mass is 32.2. The van der Waals surface area contributed by atoms with Crippen molar-refractivity contribution in [2.24, 2.45) is 5.73 Å². The van der Waals surface area contributed by atoms with E-state index in [-0.39, 0.29) is 12.8 Å². The second-order valence-corrected chi connectivity index (χ2v) is 9.13. The third-order valence-electron chi connectivity index (χ3n) is 4.49. The van der Waals surface area contributed by atoms with Crippen LogP contribution in [0.2, 0.25) is 0 Å². The van der Waals surface area contributed by atoms with Gasteiger partial charge in [0.05, 0.1) is 12.4 Å². The van der Waals surface area contributed by atoms with Crippen LogP contribution in [-0.4, -0.2) is 86.9 Å². The Balaban J connectivity index is 2.95. The molecule has 4 unspecified atom stereocenters. The van der Waals surface area contributed by atoms with E-state index < -0.39 is 47.9 Å². The van der Waals surface area contributed by atoms with Crippen LogP contribution in [0.4, 0.5) is 0 Å². The molecule has 4 atom stereocenters. The van der Waals surface area contributed by atoms with Crippen molar-refractivity contribution < 1.29 is 24.3 Å². The number of aromatic amines is 1. The van der Waals surface area contributed by atoms with Gasteiger partial charge in [-0.1, -0.05) is 0 Å². The van der Waals surface area contributed by atoms with Crippen molar-refractivity contribution in [3.05, 3.63) is 18.2 Å². The number of carbonyl (C=O) groups excluding carboxylic acids is 3. The van der Waals surface area contributed by atoms with Crippen molar-refractivity contribution in [1.82, 2.24) is 25.9 Å². The van der Waals surface area contributed by atoms with E-state index in [4.69, 9.17) is 5.73 Å². The summed E-state index contributed by atoms with van der Waals surface area (Å²) in [5.74, 6) is -1.68. The number of hydrogen-bond donors (Lipinski definition) is 6. The van der Waals surface area contributed by atoms with Crippen LogP contribution >= 0.6 is 23.5 Å². The first kappa shape index (κ1) is 27.8. The number of carbonyl (C=O) groups is 4. The first-order valence-electron chi connectivity index (χ1n) is 10.0. The van der Waals surface area contributed by atoms with Crippen molar-refractivity contribution in [2.75, 3.05) is 24.0 Å². The number of aromatic nitrogens is 2. The molecule has 0 aromatic carbocycles. The van der Waals surface area contributed by atoms with Gasteiger partial charge in [0.15, 0.2) is 0 Å². The van der Waals surface area contributed by atoms with Crippen molar-refractivity contribution in [3.63, 3.8) is 0 Å². The van der Waals surface area contributed by atoms with Gasteiger partial charge in [-0.3, -0.25) is 14.4 Å². The summed E-state index contributed by atoms with van der Waals surface area (Å²) in [5.41, 5.74) is 6.22. The number of imidazole rings is 1. The molecule has 0 bridgehead atoms. The summed E-state index contributed by atoms with van der Waals surface area (Å²) in [7, 11) is 0. The van der Waals surface area contributed by atoms with Crippen LogP contribution in [0.1, 0.15) is 25.5 Å². The topological polar surface area (TPSA) is 179 Å². The molecule has 3 amide bonds. The number of H-pyrrole nitrogens is 1. The Hall–Kier alpha value is -2.25. The van der Waals surface area contributed by atoms with Gasteiger partial charge in [0, 0.05) is 18.3 Å². The Morgan fingerprint density at radius 1 is 1.00 bits per heavy atom. The summed E-state index contributed by atoms with van der Waals surface area (Å²) >= 11 is 2.96. The average Bonchev–Trinajstić information content (AvgIpc) is 3.25. The fraction of sp³-hybridized carbons (Fsp3) is 0.632. The zero-order valence-electron chi connectivity index (χ0n) is 18.4. The Morgan fingerprint density at radius 3 is 2.03 bits per heavy atom. The van der Waals surface area contributed by atoms with E-state index in [1.807, 2.05) is 12.5 Å². The highest BCUT2D eigenvalue weighted by molar-refractivity contribution is 7.98. The quantitative estimate of drug-likeness (QED) is 0.187. The minimum absolute atomic E-state index is 0.118. The maximum Gasteiger partial charge on any atom is 0.326 e. The predicted octanol–water partition coefficient (Wildman–Crippen LogP) is -0.655. The Labute approximate surface area is 195 Å². The van der Waals surface area contributed by atoms with Crippen LogP contribution in [0.3, 0.4) is 0 Å². The molecule has 0 aliphatic carbocycles. The Morgan fingerprint density at radius 2 is 1.53 bits per heavy atom. The molecule has 180 valence electrons. The SMILES string of the molecule is CSCCC(NC(=O)C(CCSC)NC(=O)C(Cc1cnc[nH]1)NC(=O)C(C)N)C(=O)O. The number of nitrogens with zero attached hydrogens (tertiary/aromatic N) is 1. The van der Waals surface area contributed by atoms with Crippen LogP contribution in [-0.2, 0) is 25.6 Å². The molecule has 13 heteroatoms. The van der Waals surface area contributed by atoms with Crippen LogP contribution in [0.25, 0.3) is 0 Å². The van der Waals surface area contributed by atoms with Crippen molar-refractivity contribution in [2.45, 2.75) is 50.4 Å². The lowest BCUT2D eigenvalue weighted by atomic mass is 10.1. The molecule has 7 N–H and O–H groups in total. The molecule has 1 rings (SSSR count). The van der Waals surface area contributed by atoms with Gasteiger partial charge >= 0.3 is 5.97 Å². The molecular formula is C19H32N6O5S2. The van der Waals surface area contributed by atoms with Gasteiger partial charge in [0.25, 0.3) is 0 Å².